The molecule has 4 aromatic rings. The van der Waals surface area contributed by atoms with Gasteiger partial charge in [0.15, 0.2) is 5.78 Å². The highest BCUT2D eigenvalue weighted by molar-refractivity contribution is 6.13. The van der Waals surface area contributed by atoms with Gasteiger partial charge in [-0.15, -0.1) is 0 Å². The number of benzene rings is 4. The van der Waals surface area contributed by atoms with E-state index >= 15 is 0 Å². The van der Waals surface area contributed by atoms with Gasteiger partial charge in [0.05, 0.1) is 0 Å². The third kappa shape index (κ3) is 6.82. The molecule has 0 aromatic heterocycles. The van der Waals surface area contributed by atoms with Crippen molar-refractivity contribution in [3.63, 3.8) is 0 Å². The Morgan fingerprint density at radius 3 is 1.36 bits per heavy atom. The van der Waals surface area contributed by atoms with E-state index in [9.17, 15) is 4.79 Å². The van der Waals surface area contributed by atoms with Crippen molar-refractivity contribution in [2.45, 2.75) is 53.4 Å². The molecule has 36 heavy (non-hydrogen) atoms. The summed E-state index contributed by atoms with van der Waals surface area (Å²) < 4.78 is 0. The number of hydrogen-bond acceptors (Lipinski definition) is 1. The largest absolute Gasteiger partial charge is 0.289 e. The van der Waals surface area contributed by atoms with Crippen molar-refractivity contribution in [2.75, 3.05) is 0 Å². The quantitative estimate of drug-likeness (QED) is 0.209. The Kier molecular flexibility index (Phi) is 8.54. The third-order valence-corrected chi connectivity index (χ3v) is 6.79. The molecule has 4 rings (SSSR count). The highest BCUT2D eigenvalue weighted by Crippen LogP contribution is 2.27. The molecule has 0 saturated carbocycles. The molecule has 4 aromatic carbocycles. The molecule has 1 heteroatoms. The molecule has 0 saturated heterocycles. The van der Waals surface area contributed by atoms with Crippen LogP contribution in [0.15, 0.2) is 96.1 Å². The zero-order valence-electron chi connectivity index (χ0n) is 22.1. The minimum Gasteiger partial charge on any atom is -0.289 e. The van der Waals surface area contributed by atoms with Gasteiger partial charge < -0.3 is 0 Å². The van der Waals surface area contributed by atoms with E-state index in [-0.39, 0.29) is 5.78 Å². The van der Waals surface area contributed by atoms with E-state index in [1.807, 2.05) is 0 Å². The molecular weight excluding hydrogens is 436 g/mol. The Hall–Kier alpha value is -3.45. The minimum absolute atomic E-state index is 0.192. The third-order valence-electron chi connectivity index (χ3n) is 6.79. The van der Waals surface area contributed by atoms with E-state index in [1.165, 1.54) is 21.5 Å². The summed E-state index contributed by atoms with van der Waals surface area (Å²) >= 11 is 0. The lowest BCUT2D eigenvalue weighted by Crippen LogP contribution is -2.09. The highest BCUT2D eigenvalue weighted by Gasteiger charge is 2.17. The molecule has 0 heterocycles. The summed E-state index contributed by atoms with van der Waals surface area (Å²) in [7, 11) is 0. The maximum absolute atomic E-state index is 14.1. The molecule has 0 radical (unpaired) electrons. The van der Waals surface area contributed by atoms with Crippen molar-refractivity contribution >= 4 is 39.5 Å². The number of ketones is 1. The Labute approximate surface area is 216 Å². The Balaban J connectivity index is 1.73. The number of carbonyl (C=O) groups excluding carboxylic acids is 1. The van der Waals surface area contributed by atoms with Gasteiger partial charge in [0.1, 0.15) is 0 Å². The van der Waals surface area contributed by atoms with E-state index in [2.05, 4.69) is 125 Å². The lowest BCUT2D eigenvalue weighted by molar-refractivity contribution is -0.112. The predicted octanol–water partition coefficient (Wildman–Crippen LogP) is 9.90. The fourth-order valence-electron chi connectivity index (χ4n) is 4.59. The maximum Gasteiger partial charge on any atom is 0.185 e. The summed E-state index contributed by atoms with van der Waals surface area (Å²) in [5.41, 5.74) is 4.01. The average molecular weight is 475 g/mol. The lowest BCUT2D eigenvalue weighted by atomic mass is 9.89. The Morgan fingerprint density at radius 1 is 0.583 bits per heavy atom. The number of rotatable bonds is 10. The molecule has 0 bridgehead atoms. The number of fused-ring (bicyclic) bond motifs is 2. The topological polar surface area (TPSA) is 17.1 Å². The van der Waals surface area contributed by atoms with Gasteiger partial charge in [0.2, 0.25) is 0 Å². The van der Waals surface area contributed by atoms with Crippen molar-refractivity contribution in [1.82, 2.24) is 0 Å². The highest BCUT2D eigenvalue weighted by atomic mass is 16.1. The van der Waals surface area contributed by atoms with Gasteiger partial charge in [-0.3, -0.25) is 4.79 Å². The van der Waals surface area contributed by atoms with Crippen LogP contribution in [0.3, 0.4) is 0 Å². The van der Waals surface area contributed by atoms with E-state index < -0.39 is 0 Å². The van der Waals surface area contributed by atoms with Gasteiger partial charge in [0, 0.05) is 11.1 Å². The first kappa shape index (κ1) is 25.6. The number of Topliss-reactive ketones (excluding diaryl/α,β-unsaturated/α-hetero) is 1. The van der Waals surface area contributed by atoms with Crippen LogP contribution in [-0.2, 0) is 4.79 Å². The van der Waals surface area contributed by atoms with Crippen LogP contribution in [0.25, 0.3) is 33.7 Å². The second-order valence-electron chi connectivity index (χ2n) is 10.7. The molecule has 0 fully saturated rings. The van der Waals surface area contributed by atoms with Crippen LogP contribution in [-0.4, -0.2) is 5.78 Å². The van der Waals surface area contributed by atoms with Crippen molar-refractivity contribution < 1.29 is 4.79 Å². The second kappa shape index (κ2) is 12.0. The summed E-state index contributed by atoms with van der Waals surface area (Å²) in [5, 5.41) is 4.85. The Bertz CT molecular complexity index is 1290. The zero-order chi connectivity index (χ0) is 25.5. The SMILES string of the molecule is CC(C)CC/C(=C\c1ccc2ccccc2c1)C(=O)/C(=C/c1ccc2ccccc2c1)CCC(C)C. The van der Waals surface area contributed by atoms with Crippen molar-refractivity contribution in [2.24, 2.45) is 11.8 Å². The van der Waals surface area contributed by atoms with Crippen LogP contribution in [0.4, 0.5) is 0 Å². The second-order valence-corrected chi connectivity index (χ2v) is 10.7. The summed E-state index contributed by atoms with van der Waals surface area (Å²) in [6.45, 7) is 8.90. The molecular formula is C35H38O. The normalized spacial score (nSPS) is 12.7. The number of allylic oxidation sites excluding steroid dienone is 2. The minimum atomic E-state index is 0.192. The first-order valence-corrected chi connectivity index (χ1v) is 13.3. The van der Waals surface area contributed by atoms with Gasteiger partial charge in [-0.2, -0.15) is 0 Å². The van der Waals surface area contributed by atoms with Crippen LogP contribution < -0.4 is 0 Å². The van der Waals surface area contributed by atoms with Crippen molar-refractivity contribution in [1.29, 1.82) is 0 Å². The fraction of sp³-hybridized carbons (Fsp3) is 0.286. The summed E-state index contributed by atoms with van der Waals surface area (Å²) in [4.78, 5) is 14.1. The fourth-order valence-corrected chi connectivity index (χ4v) is 4.59. The van der Waals surface area contributed by atoms with Crippen LogP contribution in [0.5, 0.6) is 0 Å². The van der Waals surface area contributed by atoms with Crippen LogP contribution in [0.1, 0.15) is 64.5 Å². The molecule has 1 nitrogen and oxygen atoms in total. The molecule has 0 N–H and O–H groups in total. The van der Waals surface area contributed by atoms with Crippen molar-refractivity contribution in [3.05, 3.63) is 107 Å². The molecule has 0 spiro atoms. The molecule has 0 aliphatic heterocycles. The number of carbonyl (C=O) groups is 1. The van der Waals surface area contributed by atoms with E-state index in [1.54, 1.807) is 0 Å². The van der Waals surface area contributed by atoms with Gasteiger partial charge in [-0.1, -0.05) is 100 Å². The maximum atomic E-state index is 14.1. The Morgan fingerprint density at radius 2 is 0.972 bits per heavy atom. The van der Waals surface area contributed by atoms with Crippen LogP contribution in [0, 0.1) is 11.8 Å². The van der Waals surface area contributed by atoms with Gasteiger partial charge in [-0.05, 0) is 94.5 Å². The predicted molar refractivity (Wildman–Crippen MR) is 157 cm³/mol. The summed E-state index contributed by atoms with van der Waals surface area (Å²) in [5.74, 6) is 1.28. The lowest BCUT2D eigenvalue weighted by Gasteiger charge is -2.14. The number of hydrogen-bond donors (Lipinski definition) is 0. The van der Waals surface area contributed by atoms with Gasteiger partial charge in [-0.25, -0.2) is 0 Å². The molecule has 0 atom stereocenters. The summed E-state index contributed by atoms with van der Waals surface area (Å²) in [6.07, 6.45) is 7.83. The van der Waals surface area contributed by atoms with E-state index in [0.29, 0.717) is 11.8 Å². The van der Waals surface area contributed by atoms with E-state index in [4.69, 9.17) is 0 Å². The smallest absolute Gasteiger partial charge is 0.185 e. The molecule has 0 amide bonds. The first-order chi connectivity index (χ1) is 17.4. The average Bonchev–Trinajstić information content (AvgIpc) is 2.88. The van der Waals surface area contributed by atoms with Crippen LogP contribution >= 0.6 is 0 Å². The zero-order valence-corrected chi connectivity index (χ0v) is 22.1. The first-order valence-electron chi connectivity index (χ1n) is 13.3. The van der Waals surface area contributed by atoms with Crippen LogP contribution in [0.2, 0.25) is 0 Å². The molecule has 0 aliphatic carbocycles. The van der Waals surface area contributed by atoms with E-state index in [0.717, 1.165) is 48.0 Å². The van der Waals surface area contributed by atoms with Gasteiger partial charge >= 0.3 is 0 Å². The monoisotopic (exact) mass is 474 g/mol. The molecule has 184 valence electrons. The standard InChI is InChI=1S/C35H38O/c1-25(2)13-17-33(23-27-15-19-29-9-5-7-11-31(29)21-27)35(36)34(18-14-26(3)4)24-28-16-20-30-10-6-8-12-32(30)22-28/h5-12,15-16,19-26H,13-14,17-18H2,1-4H3/b33-23+,34-24+. The van der Waals surface area contributed by atoms with Crippen molar-refractivity contribution in [3.8, 4) is 0 Å². The molecule has 0 unspecified atom stereocenters. The van der Waals surface area contributed by atoms with Gasteiger partial charge in [0.25, 0.3) is 0 Å². The summed E-state index contributed by atoms with van der Waals surface area (Å²) in [6, 6.07) is 29.7. The molecule has 0 aliphatic rings.